The molecule has 1 unspecified atom stereocenters. The van der Waals surface area contributed by atoms with Gasteiger partial charge in [-0.1, -0.05) is 23.9 Å². The second-order valence-electron chi connectivity index (χ2n) is 4.94. The number of rotatable bonds is 4. The van der Waals surface area contributed by atoms with Gasteiger partial charge in [0.1, 0.15) is 0 Å². The standard InChI is InChI=1S/C14H18N4O2S/c1-8(2)15-13(20)18-12(19)9(3)21-14-16-10-6-4-5-7-11(10)17-14/h4-9H,1-3H3,(H,16,17)(H2,15,18,19,20). The SMILES string of the molecule is CC(C)NC(=O)NC(=O)C(C)Sc1nc2ccccc2[nH]1. The molecule has 7 heteroatoms. The van der Waals surface area contributed by atoms with Crippen molar-refractivity contribution in [3.8, 4) is 0 Å². The topological polar surface area (TPSA) is 86.9 Å². The Morgan fingerprint density at radius 3 is 2.62 bits per heavy atom. The molecule has 0 saturated heterocycles. The number of fused-ring (bicyclic) bond motifs is 1. The van der Waals surface area contributed by atoms with E-state index in [1.807, 2.05) is 38.1 Å². The van der Waals surface area contributed by atoms with Crippen LogP contribution in [0.1, 0.15) is 20.8 Å². The van der Waals surface area contributed by atoms with Crippen molar-refractivity contribution in [1.82, 2.24) is 20.6 Å². The third-order valence-corrected chi connectivity index (χ3v) is 3.67. The molecular formula is C14H18N4O2S. The number of thioether (sulfide) groups is 1. The Bertz CT molecular complexity index is 620. The predicted molar refractivity (Wildman–Crippen MR) is 83.2 cm³/mol. The number of H-pyrrole nitrogens is 1. The Kier molecular flexibility index (Phi) is 4.85. The van der Waals surface area contributed by atoms with Gasteiger partial charge in [0.15, 0.2) is 5.16 Å². The zero-order valence-corrected chi connectivity index (χ0v) is 13.0. The smallest absolute Gasteiger partial charge is 0.321 e. The summed E-state index contributed by atoms with van der Waals surface area (Å²) >= 11 is 1.28. The zero-order chi connectivity index (χ0) is 15.4. The van der Waals surface area contributed by atoms with E-state index in [4.69, 9.17) is 0 Å². The van der Waals surface area contributed by atoms with Crippen molar-refractivity contribution in [2.24, 2.45) is 0 Å². The molecule has 0 fully saturated rings. The van der Waals surface area contributed by atoms with Gasteiger partial charge in [0.25, 0.3) is 0 Å². The van der Waals surface area contributed by atoms with Crippen molar-refractivity contribution >= 4 is 34.7 Å². The second kappa shape index (κ2) is 6.62. The van der Waals surface area contributed by atoms with E-state index in [2.05, 4.69) is 20.6 Å². The number of imidazole rings is 1. The van der Waals surface area contributed by atoms with Gasteiger partial charge in [0.05, 0.1) is 16.3 Å². The molecule has 0 aliphatic heterocycles. The lowest BCUT2D eigenvalue weighted by atomic mass is 10.3. The average Bonchev–Trinajstić information content (AvgIpc) is 2.79. The molecule has 0 spiro atoms. The van der Waals surface area contributed by atoms with Crippen LogP contribution in [0.3, 0.4) is 0 Å². The van der Waals surface area contributed by atoms with E-state index in [-0.39, 0.29) is 11.9 Å². The van der Waals surface area contributed by atoms with E-state index in [0.717, 1.165) is 11.0 Å². The Morgan fingerprint density at radius 1 is 1.24 bits per heavy atom. The maximum Gasteiger partial charge on any atom is 0.321 e. The van der Waals surface area contributed by atoms with Gasteiger partial charge >= 0.3 is 6.03 Å². The third-order valence-electron chi connectivity index (χ3n) is 2.68. The van der Waals surface area contributed by atoms with E-state index in [9.17, 15) is 9.59 Å². The Morgan fingerprint density at radius 2 is 1.95 bits per heavy atom. The molecule has 0 aliphatic carbocycles. The van der Waals surface area contributed by atoms with Crippen LogP contribution in [0.2, 0.25) is 0 Å². The molecule has 6 nitrogen and oxygen atoms in total. The third kappa shape index (κ3) is 4.22. The molecule has 0 bridgehead atoms. The van der Waals surface area contributed by atoms with Crippen molar-refractivity contribution in [1.29, 1.82) is 0 Å². The van der Waals surface area contributed by atoms with Crippen LogP contribution in [-0.4, -0.2) is 33.2 Å². The summed E-state index contributed by atoms with van der Waals surface area (Å²) in [4.78, 5) is 30.9. The van der Waals surface area contributed by atoms with Crippen molar-refractivity contribution in [2.45, 2.75) is 37.2 Å². The highest BCUT2D eigenvalue weighted by atomic mass is 32.2. The number of imide groups is 1. The van der Waals surface area contributed by atoms with Crippen LogP contribution in [0, 0.1) is 0 Å². The summed E-state index contributed by atoms with van der Waals surface area (Å²) < 4.78 is 0. The summed E-state index contributed by atoms with van der Waals surface area (Å²) in [7, 11) is 0. The molecule has 112 valence electrons. The van der Waals surface area contributed by atoms with Crippen molar-refractivity contribution in [2.75, 3.05) is 0 Å². The molecular weight excluding hydrogens is 288 g/mol. The van der Waals surface area contributed by atoms with E-state index in [1.165, 1.54) is 11.8 Å². The summed E-state index contributed by atoms with van der Waals surface area (Å²) in [5.41, 5.74) is 1.77. The first-order valence-electron chi connectivity index (χ1n) is 6.68. The van der Waals surface area contributed by atoms with Crippen LogP contribution in [-0.2, 0) is 4.79 Å². The van der Waals surface area contributed by atoms with Gasteiger partial charge in [0, 0.05) is 6.04 Å². The number of amides is 3. The van der Waals surface area contributed by atoms with E-state index < -0.39 is 11.3 Å². The van der Waals surface area contributed by atoms with Gasteiger partial charge < -0.3 is 10.3 Å². The fourth-order valence-corrected chi connectivity index (χ4v) is 2.54. The van der Waals surface area contributed by atoms with Crippen LogP contribution in [0.4, 0.5) is 4.79 Å². The van der Waals surface area contributed by atoms with Crippen molar-refractivity contribution < 1.29 is 9.59 Å². The number of nitrogens with one attached hydrogen (secondary N) is 3. The normalized spacial score (nSPS) is 12.4. The Hall–Kier alpha value is -2.02. The van der Waals surface area contributed by atoms with Crippen LogP contribution >= 0.6 is 11.8 Å². The summed E-state index contributed by atoms with van der Waals surface area (Å²) in [6.07, 6.45) is 0. The number of para-hydroxylation sites is 2. The van der Waals surface area contributed by atoms with E-state index in [0.29, 0.717) is 5.16 Å². The molecule has 2 rings (SSSR count). The minimum atomic E-state index is -0.480. The number of carbonyl (C=O) groups excluding carboxylic acids is 2. The molecule has 2 aromatic rings. The van der Waals surface area contributed by atoms with Crippen molar-refractivity contribution in [3.63, 3.8) is 0 Å². The highest BCUT2D eigenvalue weighted by molar-refractivity contribution is 8.00. The lowest BCUT2D eigenvalue weighted by Crippen LogP contribution is -2.45. The largest absolute Gasteiger partial charge is 0.336 e. The first kappa shape index (κ1) is 15.4. The number of carbonyl (C=O) groups is 2. The van der Waals surface area contributed by atoms with Gasteiger partial charge in [-0.2, -0.15) is 0 Å². The van der Waals surface area contributed by atoms with Crippen LogP contribution in [0.15, 0.2) is 29.4 Å². The number of aromatic nitrogens is 2. The summed E-state index contributed by atoms with van der Waals surface area (Å²) in [6.45, 7) is 5.39. The number of aromatic amines is 1. The Labute approximate surface area is 127 Å². The van der Waals surface area contributed by atoms with E-state index >= 15 is 0 Å². The molecule has 1 aromatic carbocycles. The highest BCUT2D eigenvalue weighted by Crippen LogP contribution is 2.23. The molecule has 3 N–H and O–H groups in total. The predicted octanol–water partition coefficient (Wildman–Crippen LogP) is 2.28. The van der Waals surface area contributed by atoms with Gasteiger partial charge in [-0.05, 0) is 32.9 Å². The van der Waals surface area contributed by atoms with Crippen LogP contribution < -0.4 is 10.6 Å². The van der Waals surface area contributed by atoms with Crippen molar-refractivity contribution in [3.05, 3.63) is 24.3 Å². The quantitative estimate of drug-likeness (QED) is 0.756. The summed E-state index contributed by atoms with van der Waals surface area (Å²) in [5, 5.41) is 5.15. The maximum absolute atomic E-state index is 11.9. The van der Waals surface area contributed by atoms with Crippen LogP contribution in [0.25, 0.3) is 11.0 Å². The van der Waals surface area contributed by atoms with Gasteiger partial charge in [-0.3, -0.25) is 10.1 Å². The molecule has 3 amide bonds. The fraction of sp³-hybridized carbons (Fsp3) is 0.357. The minimum Gasteiger partial charge on any atom is -0.336 e. The molecule has 0 saturated carbocycles. The monoisotopic (exact) mass is 306 g/mol. The molecule has 0 aliphatic rings. The van der Waals surface area contributed by atoms with Crippen LogP contribution in [0.5, 0.6) is 0 Å². The van der Waals surface area contributed by atoms with Gasteiger partial charge in [0.2, 0.25) is 5.91 Å². The summed E-state index contributed by atoms with van der Waals surface area (Å²) in [5.74, 6) is -0.349. The number of nitrogens with zero attached hydrogens (tertiary/aromatic N) is 1. The summed E-state index contributed by atoms with van der Waals surface area (Å²) in [6, 6.07) is 7.15. The van der Waals surface area contributed by atoms with Gasteiger partial charge in [-0.25, -0.2) is 9.78 Å². The number of hydrogen-bond acceptors (Lipinski definition) is 4. The lowest BCUT2D eigenvalue weighted by Gasteiger charge is -2.12. The molecule has 1 atom stereocenters. The lowest BCUT2D eigenvalue weighted by molar-refractivity contribution is -0.119. The maximum atomic E-state index is 11.9. The van der Waals surface area contributed by atoms with Gasteiger partial charge in [-0.15, -0.1) is 0 Å². The molecule has 0 radical (unpaired) electrons. The molecule has 21 heavy (non-hydrogen) atoms. The number of hydrogen-bond donors (Lipinski definition) is 3. The van der Waals surface area contributed by atoms with E-state index in [1.54, 1.807) is 6.92 Å². The molecule has 1 heterocycles. The minimum absolute atomic E-state index is 0.0175. The first-order valence-corrected chi connectivity index (χ1v) is 7.56. The molecule has 1 aromatic heterocycles. The number of benzene rings is 1. The highest BCUT2D eigenvalue weighted by Gasteiger charge is 2.18. The number of urea groups is 1. The fourth-order valence-electron chi connectivity index (χ4n) is 1.72. The zero-order valence-electron chi connectivity index (χ0n) is 12.1. The Balaban J connectivity index is 1.95. The average molecular weight is 306 g/mol. The first-order chi connectivity index (χ1) is 9.95. The second-order valence-corrected chi connectivity index (χ2v) is 6.27.